The molecule has 0 aromatic heterocycles. The Balaban J connectivity index is 2.14. The first-order chi connectivity index (χ1) is 14.3. The highest BCUT2D eigenvalue weighted by atomic mass is 35.5. The molecule has 1 N–H and O–H groups in total. The van der Waals surface area contributed by atoms with Crippen LogP contribution in [0.2, 0.25) is 15.1 Å². The fourth-order valence-electron chi connectivity index (χ4n) is 2.98. The van der Waals surface area contributed by atoms with Gasteiger partial charge in [0, 0.05) is 45.2 Å². The minimum atomic E-state index is -0.565. The van der Waals surface area contributed by atoms with Crippen molar-refractivity contribution in [3.05, 3.63) is 63.1 Å². The molecular formula is C22H25Cl3N2O2S. The van der Waals surface area contributed by atoms with Gasteiger partial charge in [0.25, 0.3) is 0 Å². The van der Waals surface area contributed by atoms with E-state index in [1.807, 2.05) is 38.1 Å². The Bertz CT molecular complexity index is 862. The second-order valence-corrected chi connectivity index (χ2v) is 9.08. The first kappa shape index (κ1) is 24.9. The summed E-state index contributed by atoms with van der Waals surface area (Å²) in [6.45, 7) is 4.50. The highest BCUT2D eigenvalue weighted by molar-refractivity contribution is 7.99. The molecule has 162 valence electrons. The number of halogens is 3. The maximum absolute atomic E-state index is 13.1. The van der Waals surface area contributed by atoms with Gasteiger partial charge in [-0.1, -0.05) is 47.8 Å². The third-order valence-corrected chi connectivity index (χ3v) is 6.34. The van der Waals surface area contributed by atoms with E-state index in [0.717, 1.165) is 10.5 Å². The summed E-state index contributed by atoms with van der Waals surface area (Å²) < 4.78 is 0. The number of rotatable bonds is 10. The van der Waals surface area contributed by atoms with E-state index in [2.05, 4.69) is 5.32 Å². The number of amides is 2. The topological polar surface area (TPSA) is 49.4 Å². The first-order valence-electron chi connectivity index (χ1n) is 9.75. The Hall–Kier alpha value is -1.40. The fraction of sp³-hybridized carbons (Fsp3) is 0.364. The summed E-state index contributed by atoms with van der Waals surface area (Å²) in [7, 11) is 0. The highest BCUT2D eigenvalue weighted by Crippen LogP contribution is 2.25. The van der Waals surface area contributed by atoms with Crippen LogP contribution in [-0.2, 0) is 16.1 Å². The maximum Gasteiger partial charge on any atom is 0.242 e. The van der Waals surface area contributed by atoms with Crippen LogP contribution in [0.3, 0.4) is 0 Å². The number of hydrogen-bond donors (Lipinski definition) is 1. The van der Waals surface area contributed by atoms with Crippen molar-refractivity contribution in [2.75, 3.05) is 12.3 Å². The summed E-state index contributed by atoms with van der Waals surface area (Å²) in [6, 6.07) is 12.1. The second-order valence-electron chi connectivity index (χ2n) is 6.63. The van der Waals surface area contributed by atoms with Gasteiger partial charge in [0.1, 0.15) is 6.04 Å². The van der Waals surface area contributed by atoms with E-state index < -0.39 is 6.04 Å². The van der Waals surface area contributed by atoms with Crippen LogP contribution in [-0.4, -0.2) is 35.1 Å². The summed E-state index contributed by atoms with van der Waals surface area (Å²) in [5.41, 5.74) is 0.752. The molecule has 0 spiro atoms. The number of hydrogen-bond acceptors (Lipinski definition) is 3. The predicted octanol–water partition coefficient (Wildman–Crippen LogP) is 6.07. The monoisotopic (exact) mass is 486 g/mol. The molecule has 0 aliphatic rings. The molecular weight excluding hydrogens is 463 g/mol. The SMILES string of the molecule is CCNC(=O)C(CC)N(Cc1ccc(Cl)cc1Cl)C(=O)CCSc1ccc(Cl)cc1. The van der Waals surface area contributed by atoms with Gasteiger partial charge in [0.2, 0.25) is 11.8 Å². The zero-order valence-electron chi connectivity index (χ0n) is 17.0. The molecule has 0 radical (unpaired) electrons. The minimum absolute atomic E-state index is 0.0967. The molecule has 2 aromatic rings. The van der Waals surface area contributed by atoms with Crippen molar-refractivity contribution in [2.24, 2.45) is 0 Å². The van der Waals surface area contributed by atoms with Crippen molar-refractivity contribution >= 4 is 58.4 Å². The lowest BCUT2D eigenvalue weighted by molar-refractivity contribution is -0.141. The third-order valence-electron chi connectivity index (χ3n) is 4.49. The number of benzene rings is 2. The van der Waals surface area contributed by atoms with Gasteiger partial charge in [-0.2, -0.15) is 0 Å². The molecule has 8 heteroatoms. The number of nitrogens with zero attached hydrogens (tertiary/aromatic N) is 1. The predicted molar refractivity (Wildman–Crippen MR) is 127 cm³/mol. The number of thioether (sulfide) groups is 1. The van der Waals surface area contributed by atoms with E-state index in [9.17, 15) is 9.59 Å². The molecule has 0 bridgehead atoms. The normalized spacial score (nSPS) is 11.8. The van der Waals surface area contributed by atoms with Crippen molar-refractivity contribution in [1.29, 1.82) is 0 Å². The van der Waals surface area contributed by atoms with Crippen molar-refractivity contribution in [1.82, 2.24) is 10.2 Å². The standard InChI is InChI=1S/C22H25Cl3N2O2S/c1-3-20(22(29)26-4-2)27(14-15-5-6-17(24)13-19(15)25)21(28)11-12-30-18-9-7-16(23)8-10-18/h5-10,13,20H,3-4,11-12,14H2,1-2H3,(H,26,29). The molecule has 0 saturated carbocycles. The summed E-state index contributed by atoms with van der Waals surface area (Å²) >= 11 is 19.8. The molecule has 4 nitrogen and oxygen atoms in total. The number of likely N-dealkylation sites (N-methyl/N-ethyl adjacent to an activating group) is 1. The van der Waals surface area contributed by atoms with Gasteiger partial charge in [-0.05, 0) is 55.3 Å². The van der Waals surface area contributed by atoms with Gasteiger partial charge in [-0.15, -0.1) is 11.8 Å². The molecule has 0 aliphatic heterocycles. The molecule has 2 amide bonds. The summed E-state index contributed by atoms with van der Waals surface area (Å²) in [5.74, 6) is 0.335. The zero-order valence-corrected chi connectivity index (χ0v) is 20.0. The van der Waals surface area contributed by atoms with Gasteiger partial charge in [-0.3, -0.25) is 9.59 Å². The Morgan fingerprint density at radius 2 is 1.70 bits per heavy atom. The Morgan fingerprint density at radius 1 is 1.03 bits per heavy atom. The van der Waals surface area contributed by atoms with E-state index in [1.165, 1.54) is 0 Å². The van der Waals surface area contributed by atoms with Crippen LogP contribution < -0.4 is 5.32 Å². The number of carbonyl (C=O) groups excluding carboxylic acids is 2. The Morgan fingerprint density at radius 3 is 2.30 bits per heavy atom. The molecule has 1 atom stereocenters. The Labute approximate surface area is 197 Å². The summed E-state index contributed by atoms with van der Waals surface area (Å²) in [4.78, 5) is 28.4. The maximum atomic E-state index is 13.1. The molecule has 30 heavy (non-hydrogen) atoms. The highest BCUT2D eigenvalue weighted by Gasteiger charge is 2.28. The van der Waals surface area contributed by atoms with Crippen LogP contribution in [0.4, 0.5) is 0 Å². The average Bonchev–Trinajstić information content (AvgIpc) is 2.71. The van der Waals surface area contributed by atoms with Crippen molar-refractivity contribution < 1.29 is 9.59 Å². The van der Waals surface area contributed by atoms with Crippen LogP contribution in [0.5, 0.6) is 0 Å². The van der Waals surface area contributed by atoms with Gasteiger partial charge in [0.05, 0.1) is 0 Å². The summed E-state index contributed by atoms with van der Waals surface area (Å²) in [6.07, 6.45) is 0.807. The second kappa shape index (κ2) is 12.5. The average molecular weight is 488 g/mol. The van der Waals surface area contributed by atoms with Crippen LogP contribution >= 0.6 is 46.6 Å². The van der Waals surface area contributed by atoms with Gasteiger partial charge >= 0.3 is 0 Å². The van der Waals surface area contributed by atoms with E-state index in [-0.39, 0.29) is 18.4 Å². The van der Waals surface area contributed by atoms with Crippen molar-refractivity contribution in [3.63, 3.8) is 0 Å². The van der Waals surface area contributed by atoms with Crippen LogP contribution in [0.1, 0.15) is 32.3 Å². The number of carbonyl (C=O) groups is 2. The molecule has 2 aromatic carbocycles. The number of nitrogens with one attached hydrogen (secondary N) is 1. The van der Waals surface area contributed by atoms with E-state index in [4.69, 9.17) is 34.8 Å². The van der Waals surface area contributed by atoms with Crippen molar-refractivity contribution in [3.8, 4) is 0 Å². The quantitative estimate of drug-likeness (QED) is 0.414. The first-order valence-corrected chi connectivity index (χ1v) is 11.9. The third kappa shape index (κ3) is 7.38. The molecule has 2 rings (SSSR count). The lowest BCUT2D eigenvalue weighted by atomic mass is 10.1. The molecule has 1 unspecified atom stereocenters. The smallest absolute Gasteiger partial charge is 0.242 e. The lowest BCUT2D eigenvalue weighted by Gasteiger charge is -2.31. The van der Waals surface area contributed by atoms with Crippen LogP contribution in [0.15, 0.2) is 47.4 Å². The van der Waals surface area contributed by atoms with Gasteiger partial charge in [0.15, 0.2) is 0 Å². The molecule has 0 heterocycles. The zero-order chi connectivity index (χ0) is 22.1. The van der Waals surface area contributed by atoms with Crippen LogP contribution in [0, 0.1) is 0 Å². The van der Waals surface area contributed by atoms with E-state index >= 15 is 0 Å². The van der Waals surface area contributed by atoms with E-state index in [0.29, 0.717) is 40.2 Å². The van der Waals surface area contributed by atoms with Gasteiger partial charge in [-0.25, -0.2) is 0 Å². The fourth-order valence-corrected chi connectivity index (χ4v) is 4.41. The lowest BCUT2D eigenvalue weighted by Crippen LogP contribution is -2.49. The van der Waals surface area contributed by atoms with E-state index in [1.54, 1.807) is 34.9 Å². The minimum Gasteiger partial charge on any atom is -0.355 e. The van der Waals surface area contributed by atoms with Gasteiger partial charge < -0.3 is 10.2 Å². The summed E-state index contributed by atoms with van der Waals surface area (Å²) in [5, 5.41) is 4.50. The molecule has 0 fully saturated rings. The van der Waals surface area contributed by atoms with Crippen molar-refractivity contribution in [2.45, 2.75) is 44.2 Å². The largest absolute Gasteiger partial charge is 0.355 e. The molecule has 0 saturated heterocycles. The Kier molecular flexibility index (Phi) is 10.3. The van der Waals surface area contributed by atoms with Crippen LogP contribution in [0.25, 0.3) is 0 Å². The molecule has 0 aliphatic carbocycles.